The summed E-state index contributed by atoms with van der Waals surface area (Å²) in [6, 6.07) is 47.5. The summed E-state index contributed by atoms with van der Waals surface area (Å²) in [7, 11) is 0. The van der Waals surface area contributed by atoms with E-state index in [4.69, 9.17) is 21.6 Å². The fourth-order valence-electron chi connectivity index (χ4n) is 4.40. The molecule has 0 aliphatic heterocycles. The van der Waals surface area contributed by atoms with Gasteiger partial charge in [0, 0.05) is 21.7 Å². The fourth-order valence-corrected chi connectivity index (χ4v) is 4.53. The molecule has 0 amide bonds. The van der Waals surface area contributed by atoms with Crippen LogP contribution >= 0.6 is 11.6 Å². The molecule has 0 bridgehead atoms. The van der Waals surface area contributed by atoms with Crippen molar-refractivity contribution in [1.29, 1.82) is 0 Å². The minimum atomic E-state index is 0.700. The summed E-state index contributed by atoms with van der Waals surface area (Å²) in [5.41, 5.74) is 9.50. The quantitative estimate of drug-likeness (QED) is 0.238. The van der Waals surface area contributed by atoms with E-state index in [1.165, 1.54) is 11.1 Å². The lowest BCUT2D eigenvalue weighted by Crippen LogP contribution is -1.96. The van der Waals surface area contributed by atoms with Crippen molar-refractivity contribution in [3.8, 4) is 56.2 Å². The smallest absolute Gasteiger partial charge is 0.160 e. The summed E-state index contributed by atoms with van der Waals surface area (Å²) >= 11 is 6.06. The molecule has 0 saturated heterocycles. The first-order valence-corrected chi connectivity index (χ1v) is 12.6. The second-order valence-corrected chi connectivity index (χ2v) is 9.29. The third-order valence-corrected chi connectivity index (χ3v) is 6.66. The summed E-state index contributed by atoms with van der Waals surface area (Å²) in [5, 5.41) is 0.732. The lowest BCUT2D eigenvalue weighted by molar-refractivity contribution is 1.18. The van der Waals surface area contributed by atoms with Crippen molar-refractivity contribution in [3.63, 3.8) is 0 Å². The van der Waals surface area contributed by atoms with Crippen LogP contribution in [0.2, 0.25) is 5.02 Å². The Morgan fingerprint density at radius 1 is 0.351 bits per heavy atom. The van der Waals surface area contributed by atoms with Gasteiger partial charge < -0.3 is 0 Å². The Labute approximate surface area is 221 Å². The number of nitrogens with zero attached hydrogens (tertiary/aromatic N) is 2. The maximum absolute atomic E-state index is 6.06. The minimum Gasteiger partial charge on any atom is -0.228 e. The van der Waals surface area contributed by atoms with E-state index < -0.39 is 0 Å². The molecule has 176 valence electrons. The molecule has 0 aliphatic carbocycles. The molecular formula is C34H23ClN2. The van der Waals surface area contributed by atoms with E-state index in [1.54, 1.807) is 0 Å². The first-order valence-electron chi connectivity index (χ1n) is 12.2. The molecule has 5 aromatic carbocycles. The van der Waals surface area contributed by atoms with Crippen molar-refractivity contribution in [2.45, 2.75) is 0 Å². The molecular weight excluding hydrogens is 472 g/mol. The highest BCUT2D eigenvalue weighted by atomic mass is 35.5. The van der Waals surface area contributed by atoms with Crippen molar-refractivity contribution in [2.75, 3.05) is 0 Å². The van der Waals surface area contributed by atoms with Crippen LogP contribution in [0, 0.1) is 0 Å². The van der Waals surface area contributed by atoms with Crippen LogP contribution in [0.5, 0.6) is 0 Å². The summed E-state index contributed by atoms with van der Waals surface area (Å²) < 4.78 is 0. The van der Waals surface area contributed by atoms with Gasteiger partial charge in [-0.3, -0.25) is 0 Å². The predicted molar refractivity (Wildman–Crippen MR) is 154 cm³/mol. The average molecular weight is 495 g/mol. The molecule has 0 unspecified atom stereocenters. The van der Waals surface area contributed by atoms with Gasteiger partial charge in [-0.2, -0.15) is 0 Å². The zero-order valence-corrected chi connectivity index (χ0v) is 20.8. The molecule has 2 nitrogen and oxygen atoms in total. The number of hydrogen-bond donors (Lipinski definition) is 0. The molecule has 6 rings (SSSR count). The van der Waals surface area contributed by atoms with Gasteiger partial charge in [-0.1, -0.05) is 133 Å². The fraction of sp³-hybridized carbons (Fsp3) is 0. The SMILES string of the molecule is Clc1ccc(-c2ccc(-c3nc(-c4ccccc4)cc(-c4ccc(-c5ccccc5)cc4)n3)cc2)cc1. The first kappa shape index (κ1) is 22.9. The molecule has 0 radical (unpaired) electrons. The Kier molecular flexibility index (Phi) is 6.33. The molecule has 0 saturated carbocycles. The number of rotatable bonds is 5. The van der Waals surface area contributed by atoms with Crippen LogP contribution < -0.4 is 0 Å². The van der Waals surface area contributed by atoms with E-state index in [9.17, 15) is 0 Å². The largest absolute Gasteiger partial charge is 0.228 e. The highest BCUT2D eigenvalue weighted by Crippen LogP contribution is 2.30. The van der Waals surface area contributed by atoms with Crippen LogP contribution in [-0.4, -0.2) is 9.97 Å². The third kappa shape index (κ3) is 5.06. The van der Waals surface area contributed by atoms with Crippen molar-refractivity contribution in [1.82, 2.24) is 9.97 Å². The molecule has 0 fully saturated rings. The van der Waals surface area contributed by atoms with Gasteiger partial charge in [0.15, 0.2) is 5.82 Å². The lowest BCUT2D eigenvalue weighted by atomic mass is 10.0. The van der Waals surface area contributed by atoms with E-state index in [1.807, 2.05) is 48.5 Å². The van der Waals surface area contributed by atoms with E-state index in [-0.39, 0.29) is 0 Å². The lowest BCUT2D eigenvalue weighted by Gasteiger charge is -2.11. The van der Waals surface area contributed by atoms with E-state index in [2.05, 4.69) is 91.0 Å². The third-order valence-electron chi connectivity index (χ3n) is 6.40. The maximum atomic E-state index is 6.06. The Morgan fingerprint density at radius 2 is 0.703 bits per heavy atom. The average Bonchev–Trinajstić information content (AvgIpc) is 2.98. The first-order chi connectivity index (χ1) is 18.2. The van der Waals surface area contributed by atoms with Gasteiger partial charge in [0.2, 0.25) is 0 Å². The van der Waals surface area contributed by atoms with Crippen LogP contribution in [-0.2, 0) is 0 Å². The standard InChI is InChI=1S/C34H23ClN2/c35-31-21-19-27(20-22-31)26-13-17-30(18-14-26)34-36-32(28-9-5-2-6-10-28)23-33(37-34)29-15-11-25(12-16-29)24-7-3-1-4-8-24/h1-23H. The van der Waals surface area contributed by atoms with E-state index in [0.29, 0.717) is 5.82 Å². The van der Waals surface area contributed by atoms with Gasteiger partial charge in [-0.05, 0) is 40.5 Å². The zero-order chi connectivity index (χ0) is 25.0. The van der Waals surface area contributed by atoms with E-state index >= 15 is 0 Å². The van der Waals surface area contributed by atoms with E-state index in [0.717, 1.165) is 44.2 Å². The summed E-state index contributed by atoms with van der Waals surface area (Å²) in [6.45, 7) is 0. The Balaban J connectivity index is 1.40. The topological polar surface area (TPSA) is 25.8 Å². The minimum absolute atomic E-state index is 0.700. The maximum Gasteiger partial charge on any atom is 0.160 e. The highest BCUT2D eigenvalue weighted by molar-refractivity contribution is 6.30. The molecule has 37 heavy (non-hydrogen) atoms. The molecule has 0 atom stereocenters. The highest BCUT2D eigenvalue weighted by Gasteiger charge is 2.11. The predicted octanol–water partition coefficient (Wildman–Crippen LogP) is 9.46. The van der Waals surface area contributed by atoms with Gasteiger partial charge in [0.25, 0.3) is 0 Å². The van der Waals surface area contributed by atoms with Crippen molar-refractivity contribution < 1.29 is 0 Å². The van der Waals surface area contributed by atoms with Crippen LogP contribution in [0.15, 0.2) is 140 Å². The normalized spacial score (nSPS) is 10.8. The number of benzene rings is 5. The van der Waals surface area contributed by atoms with Crippen molar-refractivity contribution >= 4 is 11.6 Å². The molecule has 0 N–H and O–H groups in total. The second-order valence-electron chi connectivity index (χ2n) is 8.86. The second kappa shape index (κ2) is 10.2. The summed E-state index contributed by atoms with van der Waals surface area (Å²) in [5.74, 6) is 0.700. The molecule has 1 aromatic heterocycles. The summed E-state index contributed by atoms with van der Waals surface area (Å²) in [6.07, 6.45) is 0. The molecule has 0 aliphatic rings. The number of halogens is 1. The molecule has 3 heteroatoms. The Bertz CT molecular complexity index is 1630. The monoisotopic (exact) mass is 494 g/mol. The van der Waals surface area contributed by atoms with Gasteiger partial charge in [-0.15, -0.1) is 0 Å². The van der Waals surface area contributed by atoms with Crippen LogP contribution in [0.4, 0.5) is 0 Å². The van der Waals surface area contributed by atoms with Crippen LogP contribution in [0.3, 0.4) is 0 Å². The molecule has 0 spiro atoms. The number of hydrogen-bond acceptors (Lipinski definition) is 2. The number of aromatic nitrogens is 2. The van der Waals surface area contributed by atoms with Gasteiger partial charge in [0.05, 0.1) is 11.4 Å². The zero-order valence-electron chi connectivity index (χ0n) is 20.1. The van der Waals surface area contributed by atoms with Gasteiger partial charge >= 0.3 is 0 Å². The van der Waals surface area contributed by atoms with Crippen molar-refractivity contribution in [2.24, 2.45) is 0 Å². The summed E-state index contributed by atoms with van der Waals surface area (Å²) in [4.78, 5) is 9.94. The molecule has 1 heterocycles. The Hall–Kier alpha value is -4.53. The van der Waals surface area contributed by atoms with Crippen molar-refractivity contribution in [3.05, 3.63) is 145 Å². The van der Waals surface area contributed by atoms with Gasteiger partial charge in [0.1, 0.15) is 0 Å². The molecule has 6 aromatic rings. The van der Waals surface area contributed by atoms with Crippen LogP contribution in [0.25, 0.3) is 56.2 Å². The van der Waals surface area contributed by atoms with Gasteiger partial charge in [-0.25, -0.2) is 9.97 Å². The Morgan fingerprint density at radius 3 is 1.22 bits per heavy atom. The van der Waals surface area contributed by atoms with Crippen LogP contribution in [0.1, 0.15) is 0 Å².